The van der Waals surface area contributed by atoms with Crippen LogP contribution in [0.25, 0.3) is 0 Å². The van der Waals surface area contributed by atoms with Crippen LogP contribution in [-0.4, -0.2) is 37.5 Å². The number of benzene rings is 1. The predicted molar refractivity (Wildman–Crippen MR) is 87.3 cm³/mol. The Morgan fingerprint density at radius 2 is 2.19 bits per heavy atom. The van der Waals surface area contributed by atoms with E-state index in [1.807, 2.05) is 12.1 Å². The van der Waals surface area contributed by atoms with Crippen LogP contribution in [-0.2, 0) is 11.2 Å². The fourth-order valence-corrected chi connectivity index (χ4v) is 3.15. The number of carbonyl (C=O) groups excluding carboxylic acids is 1. The van der Waals surface area contributed by atoms with Gasteiger partial charge in [0.25, 0.3) is 0 Å². The van der Waals surface area contributed by atoms with Crippen molar-refractivity contribution in [1.29, 1.82) is 0 Å². The van der Waals surface area contributed by atoms with Gasteiger partial charge < -0.3 is 10.2 Å². The summed E-state index contributed by atoms with van der Waals surface area (Å²) in [6.07, 6.45) is 5.15. The van der Waals surface area contributed by atoms with Gasteiger partial charge in [0.05, 0.1) is 0 Å². The topological polar surface area (TPSA) is 32.3 Å². The van der Waals surface area contributed by atoms with E-state index in [1.54, 1.807) is 0 Å². The van der Waals surface area contributed by atoms with Crippen LogP contribution in [0.4, 0.5) is 0 Å². The molecule has 3 heteroatoms. The number of likely N-dealkylation sites (tertiary alicyclic amines) is 1. The molecule has 0 radical (unpaired) electrons. The summed E-state index contributed by atoms with van der Waals surface area (Å²) in [6.45, 7) is 5.33. The highest BCUT2D eigenvalue weighted by Gasteiger charge is 2.16. The van der Waals surface area contributed by atoms with Crippen LogP contribution in [0.3, 0.4) is 0 Å². The molecule has 0 aromatic heterocycles. The fraction of sp³-hybridized carbons (Fsp3) is 0.611. The van der Waals surface area contributed by atoms with Crippen LogP contribution >= 0.6 is 0 Å². The van der Waals surface area contributed by atoms with Crippen molar-refractivity contribution in [2.45, 2.75) is 39.0 Å². The first-order chi connectivity index (χ1) is 10.1. The standard InChI is InChI=1S/C18H28N2O/c1-15-6-3-4-8-17(15)9-10-18(21)19-12-11-16-7-5-13-20(2)14-16/h3-4,6,8,16H,5,7,9-14H2,1-2H3,(H,19,21)/t16-/m1/s1. The van der Waals surface area contributed by atoms with Crippen molar-refractivity contribution in [1.82, 2.24) is 10.2 Å². The summed E-state index contributed by atoms with van der Waals surface area (Å²) in [5, 5.41) is 3.08. The van der Waals surface area contributed by atoms with Crippen LogP contribution in [0, 0.1) is 12.8 Å². The molecule has 1 saturated heterocycles. The minimum atomic E-state index is 0.183. The molecule has 0 bridgehead atoms. The minimum Gasteiger partial charge on any atom is -0.356 e. The molecule has 0 spiro atoms. The molecule has 0 aliphatic carbocycles. The molecule has 1 aliphatic heterocycles. The summed E-state index contributed by atoms with van der Waals surface area (Å²) in [4.78, 5) is 14.3. The SMILES string of the molecule is Cc1ccccc1CCC(=O)NCC[C@H]1CCCN(C)C1. The first kappa shape index (κ1) is 16.0. The lowest BCUT2D eigenvalue weighted by molar-refractivity contribution is -0.121. The number of carbonyl (C=O) groups is 1. The molecular formula is C18H28N2O. The van der Waals surface area contributed by atoms with E-state index < -0.39 is 0 Å². The molecule has 3 nitrogen and oxygen atoms in total. The molecule has 21 heavy (non-hydrogen) atoms. The molecule has 0 unspecified atom stereocenters. The maximum absolute atomic E-state index is 11.9. The lowest BCUT2D eigenvalue weighted by Gasteiger charge is -2.29. The lowest BCUT2D eigenvalue weighted by Crippen LogP contribution is -2.34. The summed E-state index contributed by atoms with van der Waals surface area (Å²) in [5.41, 5.74) is 2.55. The molecule has 2 rings (SSSR count). The fourth-order valence-electron chi connectivity index (χ4n) is 3.15. The third kappa shape index (κ3) is 5.50. The number of hydrogen-bond acceptors (Lipinski definition) is 2. The normalized spacial score (nSPS) is 19.4. The second-order valence-electron chi connectivity index (χ2n) is 6.34. The van der Waals surface area contributed by atoms with Gasteiger partial charge in [0.15, 0.2) is 0 Å². The Bertz CT molecular complexity index is 458. The zero-order valence-electron chi connectivity index (χ0n) is 13.4. The quantitative estimate of drug-likeness (QED) is 0.873. The van der Waals surface area contributed by atoms with Gasteiger partial charge in [-0.25, -0.2) is 0 Å². The van der Waals surface area contributed by atoms with Crippen molar-refractivity contribution in [2.75, 3.05) is 26.7 Å². The summed E-state index contributed by atoms with van der Waals surface area (Å²) >= 11 is 0. The summed E-state index contributed by atoms with van der Waals surface area (Å²) < 4.78 is 0. The van der Waals surface area contributed by atoms with E-state index in [2.05, 4.69) is 36.3 Å². The van der Waals surface area contributed by atoms with E-state index in [-0.39, 0.29) is 5.91 Å². The molecule has 1 N–H and O–H groups in total. The zero-order valence-corrected chi connectivity index (χ0v) is 13.4. The summed E-state index contributed by atoms with van der Waals surface area (Å²) in [6, 6.07) is 8.30. The first-order valence-corrected chi connectivity index (χ1v) is 8.15. The van der Waals surface area contributed by atoms with Crippen molar-refractivity contribution >= 4 is 5.91 Å². The van der Waals surface area contributed by atoms with Gasteiger partial charge in [-0.2, -0.15) is 0 Å². The van der Waals surface area contributed by atoms with Gasteiger partial charge in [-0.3, -0.25) is 4.79 Å². The third-order valence-corrected chi connectivity index (χ3v) is 4.48. The smallest absolute Gasteiger partial charge is 0.220 e. The lowest BCUT2D eigenvalue weighted by atomic mass is 9.95. The molecule has 1 aromatic rings. The largest absolute Gasteiger partial charge is 0.356 e. The first-order valence-electron chi connectivity index (χ1n) is 8.15. The van der Waals surface area contributed by atoms with Gasteiger partial charge in [0, 0.05) is 19.5 Å². The van der Waals surface area contributed by atoms with Crippen molar-refractivity contribution in [3.05, 3.63) is 35.4 Å². The van der Waals surface area contributed by atoms with Gasteiger partial charge in [-0.05, 0) is 63.2 Å². The Balaban J connectivity index is 1.62. The van der Waals surface area contributed by atoms with Crippen molar-refractivity contribution in [2.24, 2.45) is 5.92 Å². The highest BCUT2D eigenvalue weighted by atomic mass is 16.1. The number of aryl methyl sites for hydroxylation is 2. The molecule has 116 valence electrons. The van der Waals surface area contributed by atoms with Crippen LogP contribution in [0.2, 0.25) is 0 Å². The molecule has 1 amide bonds. The molecule has 1 aliphatic rings. The Morgan fingerprint density at radius 1 is 1.38 bits per heavy atom. The van der Waals surface area contributed by atoms with Crippen LogP contribution in [0.1, 0.15) is 36.8 Å². The van der Waals surface area contributed by atoms with Crippen molar-refractivity contribution < 1.29 is 4.79 Å². The van der Waals surface area contributed by atoms with Gasteiger partial charge in [-0.15, -0.1) is 0 Å². The van der Waals surface area contributed by atoms with Crippen LogP contribution in [0.5, 0.6) is 0 Å². The maximum atomic E-state index is 11.9. The average Bonchev–Trinajstić information content (AvgIpc) is 2.46. The predicted octanol–water partition coefficient (Wildman–Crippen LogP) is 2.78. The van der Waals surface area contributed by atoms with Crippen LogP contribution in [0.15, 0.2) is 24.3 Å². The molecular weight excluding hydrogens is 260 g/mol. The van der Waals surface area contributed by atoms with Gasteiger partial charge in [0.1, 0.15) is 0 Å². The Labute approximate surface area is 128 Å². The number of amides is 1. The second-order valence-corrected chi connectivity index (χ2v) is 6.34. The molecule has 0 saturated carbocycles. The number of piperidine rings is 1. The van der Waals surface area contributed by atoms with Gasteiger partial charge in [0.2, 0.25) is 5.91 Å². The second kappa shape index (κ2) is 8.18. The van der Waals surface area contributed by atoms with Gasteiger partial charge >= 0.3 is 0 Å². The number of hydrogen-bond donors (Lipinski definition) is 1. The summed E-state index contributed by atoms with van der Waals surface area (Å²) in [5.74, 6) is 0.933. The maximum Gasteiger partial charge on any atom is 0.220 e. The molecule has 1 fully saturated rings. The Kier molecular flexibility index (Phi) is 6.24. The highest BCUT2D eigenvalue weighted by Crippen LogP contribution is 2.17. The van der Waals surface area contributed by atoms with Crippen molar-refractivity contribution in [3.8, 4) is 0 Å². The third-order valence-electron chi connectivity index (χ3n) is 4.48. The average molecular weight is 288 g/mol. The van der Waals surface area contributed by atoms with E-state index >= 15 is 0 Å². The molecule has 1 aromatic carbocycles. The number of nitrogens with one attached hydrogen (secondary N) is 1. The number of nitrogens with zero attached hydrogens (tertiary/aromatic N) is 1. The summed E-state index contributed by atoms with van der Waals surface area (Å²) in [7, 11) is 2.19. The Hall–Kier alpha value is -1.35. The van der Waals surface area contributed by atoms with E-state index in [0.29, 0.717) is 6.42 Å². The Morgan fingerprint density at radius 3 is 2.95 bits per heavy atom. The van der Waals surface area contributed by atoms with E-state index in [4.69, 9.17) is 0 Å². The van der Waals surface area contributed by atoms with E-state index in [1.165, 1.54) is 37.1 Å². The number of rotatable bonds is 6. The minimum absolute atomic E-state index is 0.183. The highest BCUT2D eigenvalue weighted by molar-refractivity contribution is 5.76. The monoisotopic (exact) mass is 288 g/mol. The molecule has 1 atom stereocenters. The van der Waals surface area contributed by atoms with Gasteiger partial charge in [-0.1, -0.05) is 24.3 Å². The van der Waals surface area contributed by atoms with E-state index in [9.17, 15) is 4.79 Å². The zero-order chi connectivity index (χ0) is 15.1. The van der Waals surface area contributed by atoms with Crippen LogP contribution < -0.4 is 5.32 Å². The van der Waals surface area contributed by atoms with E-state index in [0.717, 1.165) is 25.3 Å². The van der Waals surface area contributed by atoms with Crippen molar-refractivity contribution in [3.63, 3.8) is 0 Å². The molecule has 1 heterocycles.